The highest BCUT2D eigenvalue weighted by Crippen LogP contribution is 2.31. The molecule has 0 aliphatic carbocycles. The van der Waals surface area contributed by atoms with Crippen molar-refractivity contribution in [1.29, 1.82) is 0 Å². The molecule has 0 N–H and O–H groups in total. The molecule has 0 spiro atoms. The molecule has 0 radical (unpaired) electrons. The number of benzene rings is 1. The maximum Gasteiger partial charge on any atom is 0.241 e. The fourth-order valence-electron chi connectivity index (χ4n) is 3.81. The number of fused-ring (bicyclic) bond motifs is 1. The minimum Gasteiger partial charge on any atom is -0.340 e. The Morgan fingerprint density at radius 3 is 3.00 bits per heavy atom. The van der Waals surface area contributed by atoms with E-state index in [0.717, 1.165) is 44.5 Å². The van der Waals surface area contributed by atoms with Gasteiger partial charge >= 0.3 is 0 Å². The van der Waals surface area contributed by atoms with Crippen LogP contribution in [-0.2, 0) is 11.2 Å². The van der Waals surface area contributed by atoms with E-state index in [-0.39, 0.29) is 11.9 Å². The molecule has 0 unspecified atom stereocenters. The van der Waals surface area contributed by atoms with Crippen LogP contribution in [-0.4, -0.2) is 40.6 Å². The Bertz CT molecular complexity index is 742. The molecule has 2 aromatic rings. The summed E-state index contributed by atoms with van der Waals surface area (Å²) in [6, 6.07) is 8.31. The zero-order valence-corrected chi connectivity index (χ0v) is 13.9. The molecular weight excluding hydrogens is 304 g/mol. The summed E-state index contributed by atoms with van der Waals surface area (Å²) in [6.45, 7) is 3.91. The number of hydrogen-bond acceptors (Lipinski definition) is 5. The van der Waals surface area contributed by atoms with Gasteiger partial charge in [-0.25, -0.2) is 0 Å². The van der Waals surface area contributed by atoms with Gasteiger partial charge in [-0.1, -0.05) is 23.4 Å². The predicted octanol–water partition coefficient (Wildman–Crippen LogP) is 2.49. The van der Waals surface area contributed by atoms with Crippen molar-refractivity contribution in [3.05, 3.63) is 41.5 Å². The molecule has 3 heterocycles. The predicted molar refractivity (Wildman–Crippen MR) is 89.7 cm³/mol. The van der Waals surface area contributed by atoms with Crippen molar-refractivity contribution in [2.75, 3.05) is 24.5 Å². The Hall–Kier alpha value is -2.21. The topological polar surface area (TPSA) is 62.5 Å². The van der Waals surface area contributed by atoms with Crippen LogP contribution >= 0.6 is 0 Å². The van der Waals surface area contributed by atoms with Gasteiger partial charge in [0.25, 0.3) is 0 Å². The molecule has 4 rings (SSSR count). The Balaban J connectivity index is 1.50. The van der Waals surface area contributed by atoms with Crippen molar-refractivity contribution in [2.45, 2.75) is 38.6 Å². The highest BCUT2D eigenvalue weighted by Gasteiger charge is 2.33. The summed E-state index contributed by atoms with van der Waals surface area (Å²) in [5.41, 5.74) is 2.34. The second-order valence-corrected chi connectivity index (χ2v) is 6.58. The Morgan fingerprint density at radius 1 is 1.29 bits per heavy atom. The first-order valence-electron chi connectivity index (χ1n) is 8.65. The van der Waals surface area contributed by atoms with Gasteiger partial charge in [-0.05, 0) is 43.9 Å². The summed E-state index contributed by atoms with van der Waals surface area (Å²) in [5.74, 6) is 1.44. The van der Waals surface area contributed by atoms with Crippen LogP contribution in [0.4, 0.5) is 5.69 Å². The normalized spacial score (nSPS) is 21.0. The Morgan fingerprint density at radius 2 is 2.17 bits per heavy atom. The number of nitrogens with zero attached hydrogens (tertiary/aromatic N) is 4. The minimum atomic E-state index is 0.0893. The molecule has 126 valence electrons. The number of carbonyl (C=O) groups excluding carboxylic acids is 1. The lowest BCUT2D eigenvalue weighted by Gasteiger charge is -2.31. The van der Waals surface area contributed by atoms with E-state index in [1.165, 1.54) is 5.56 Å². The van der Waals surface area contributed by atoms with Crippen LogP contribution in [0.5, 0.6) is 0 Å². The van der Waals surface area contributed by atoms with Crippen LogP contribution in [0, 0.1) is 6.92 Å². The molecule has 2 aliphatic heterocycles. The van der Waals surface area contributed by atoms with E-state index in [4.69, 9.17) is 4.52 Å². The number of likely N-dealkylation sites (tertiary alicyclic amines) is 1. The lowest BCUT2D eigenvalue weighted by atomic mass is 10.0. The van der Waals surface area contributed by atoms with Gasteiger partial charge in [0.05, 0.1) is 12.6 Å². The third-order valence-electron chi connectivity index (χ3n) is 4.95. The first-order chi connectivity index (χ1) is 11.7. The van der Waals surface area contributed by atoms with Crippen molar-refractivity contribution in [3.8, 4) is 0 Å². The molecule has 1 aromatic carbocycles. The fourth-order valence-corrected chi connectivity index (χ4v) is 3.81. The second-order valence-electron chi connectivity index (χ2n) is 6.58. The van der Waals surface area contributed by atoms with Crippen molar-refractivity contribution in [1.82, 2.24) is 15.0 Å². The van der Waals surface area contributed by atoms with Crippen LogP contribution in [0.3, 0.4) is 0 Å². The van der Waals surface area contributed by atoms with E-state index in [2.05, 4.69) is 27.2 Å². The largest absolute Gasteiger partial charge is 0.340 e. The summed E-state index contributed by atoms with van der Waals surface area (Å²) in [7, 11) is 0. The summed E-state index contributed by atoms with van der Waals surface area (Å²) < 4.78 is 5.11. The number of rotatable bonds is 3. The van der Waals surface area contributed by atoms with E-state index in [0.29, 0.717) is 18.3 Å². The second kappa shape index (κ2) is 6.36. The molecular formula is C18H22N4O2. The first-order valence-corrected chi connectivity index (χ1v) is 8.65. The molecule has 24 heavy (non-hydrogen) atoms. The van der Waals surface area contributed by atoms with Gasteiger partial charge in [0.15, 0.2) is 5.82 Å². The Kier molecular flexibility index (Phi) is 4.06. The van der Waals surface area contributed by atoms with Crippen LogP contribution in [0.25, 0.3) is 0 Å². The summed E-state index contributed by atoms with van der Waals surface area (Å²) in [4.78, 5) is 21.4. The van der Waals surface area contributed by atoms with Gasteiger partial charge in [0.1, 0.15) is 0 Å². The number of aromatic nitrogens is 2. The zero-order chi connectivity index (χ0) is 16.5. The van der Waals surface area contributed by atoms with Gasteiger partial charge in [-0.15, -0.1) is 0 Å². The molecule has 1 fully saturated rings. The van der Waals surface area contributed by atoms with E-state index >= 15 is 0 Å². The number of carbonyl (C=O) groups is 1. The third kappa shape index (κ3) is 2.82. The molecule has 1 atom stereocenters. The lowest BCUT2D eigenvalue weighted by Crippen LogP contribution is -2.42. The molecule has 6 heteroatoms. The molecule has 2 aliphatic rings. The third-order valence-corrected chi connectivity index (χ3v) is 4.95. The highest BCUT2D eigenvalue weighted by atomic mass is 16.5. The van der Waals surface area contributed by atoms with Crippen LogP contribution in [0.1, 0.15) is 42.6 Å². The maximum atomic E-state index is 12.9. The Labute approximate surface area is 141 Å². The lowest BCUT2D eigenvalue weighted by molar-refractivity contribution is -0.120. The highest BCUT2D eigenvalue weighted by molar-refractivity contribution is 5.96. The van der Waals surface area contributed by atoms with Gasteiger partial charge < -0.3 is 9.42 Å². The summed E-state index contributed by atoms with van der Waals surface area (Å²) in [5, 5.41) is 4.05. The van der Waals surface area contributed by atoms with Crippen molar-refractivity contribution in [2.24, 2.45) is 0 Å². The van der Waals surface area contributed by atoms with Crippen LogP contribution in [0.15, 0.2) is 28.8 Å². The number of para-hydroxylation sites is 1. The monoisotopic (exact) mass is 326 g/mol. The average molecular weight is 326 g/mol. The van der Waals surface area contributed by atoms with Gasteiger partial charge in [0, 0.05) is 19.2 Å². The molecule has 1 saturated heterocycles. The molecule has 0 bridgehead atoms. The van der Waals surface area contributed by atoms with Crippen molar-refractivity contribution < 1.29 is 9.32 Å². The first kappa shape index (κ1) is 15.3. The van der Waals surface area contributed by atoms with Crippen LogP contribution in [0.2, 0.25) is 0 Å². The smallest absolute Gasteiger partial charge is 0.241 e. The number of amides is 1. The van der Waals surface area contributed by atoms with E-state index in [1.807, 2.05) is 17.0 Å². The average Bonchev–Trinajstić information content (AvgIpc) is 3.23. The molecule has 0 saturated carbocycles. The minimum absolute atomic E-state index is 0.0893. The fraction of sp³-hybridized carbons (Fsp3) is 0.500. The molecule has 6 nitrogen and oxygen atoms in total. The van der Waals surface area contributed by atoms with Crippen LogP contribution < -0.4 is 4.90 Å². The van der Waals surface area contributed by atoms with Gasteiger partial charge in [0.2, 0.25) is 11.8 Å². The van der Waals surface area contributed by atoms with E-state index < -0.39 is 0 Å². The quantitative estimate of drug-likeness (QED) is 0.867. The standard InChI is InChI=1S/C18H22N4O2/c1-13-19-18(20-24-13)16-9-5-10-21(16)12-17(23)22-11-4-7-14-6-2-3-8-15(14)22/h2-3,6,8,16H,4-5,7,9-12H2,1H3/t16-/m1/s1. The van der Waals surface area contributed by atoms with Gasteiger partial charge in [-0.2, -0.15) is 4.98 Å². The number of hydrogen-bond donors (Lipinski definition) is 0. The van der Waals surface area contributed by atoms with Crippen molar-refractivity contribution >= 4 is 11.6 Å². The SMILES string of the molecule is Cc1nc([C@H]2CCCN2CC(=O)N2CCCc3ccccc32)no1. The van der Waals surface area contributed by atoms with Crippen molar-refractivity contribution in [3.63, 3.8) is 0 Å². The van der Waals surface area contributed by atoms with Gasteiger partial charge in [-0.3, -0.25) is 9.69 Å². The van der Waals surface area contributed by atoms with E-state index in [9.17, 15) is 4.79 Å². The molecule has 1 amide bonds. The zero-order valence-electron chi connectivity index (χ0n) is 13.9. The summed E-state index contributed by atoms with van der Waals surface area (Å²) in [6.07, 6.45) is 4.11. The molecule has 1 aromatic heterocycles. The maximum absolute atomic E-state index is 12.9. The number of aryl methyl sites for hydroxylation is 2. The summed E-state index contributed by atoms with van der Waals surface area (Å²) >= 11 is 0. The van der Waals surface area contributed by atoms with E-state index in [1.54, 1.807) is 6.92 Å². The number of anilines is 1.